The summed E-state index contributed by atoms with van der Waals surface area (Å²) < 4.78 is 36.1. The quantitative estimate of drug-likeness (QED) is 0.259. The maximum absolute atomic E-state index is 13.0. The van der Waals surface area contributed by atoms with Crippen LogP contribution < -0.4 is 21.3 Å². The molecule has 4 N–H and O–H groups in total. The summed E-state index contributed by atoms with van der Waals surface area (Å²) in [5, 5.41) is 10.6. The van der Waals surface area contributed by atoms with Crippen LogP contribution in [0.4, 0.5) is 11.4 Å². The number of thiocarbonyl (C=S) groups is 2. The molecule has 0 saturated heterocycles. The molecule has 2 amide bonds. The molecule has 13 heteroatoms. The smallest absolute Gasteiger partial charge is 0.293 e. The van der Waals surface area contributed by atoms with Crippen LogP contribution in [0.25, 0.3) is 0 Å². The lowest BCUT2D eigenvalue weighted by molar-refractivity contribution is 0.0943. The lowest BCUT2D eigenvalue weighted by Crippen LogP contribution is -2.33. The van der Waals surface area contributed by atoms with Gasteiger partial charge in [-0.25, -0.2) is 8.42 Å². The first-order chi connectivity index (χ1) is 17.7. The monoisotopic (exact) mass is 554 g/mol. The van der Waals surface area contributed by atoms with Crippen molar-refractivity contribution in [1.82, 2.24) is 10.6 Å². The van der Waals surface area contributed by atoms with E-state index in [1.807, 2.05) is 0 Å². The van der Waals surface area contributed by atoms with Gasteiger partial charge in [-0.1, -0.05) is 0 Å². The van der Waals surface area contributed by atoms with E-state index in [0.717, 1.165) is 0 Å². The van der Waals surface area contributed by atoms with Crippen LogP contribution in [0.5, 0.6) is 0 Å². The minimum absolute atomic E-state index is 0.0263. The van der Waals surface area contributed by atoms with Gasteiger partial charge in [-0.05, 0) is 97.2 Å². The molecule has 0 unspecified atom stereocenters. The minimum atomic E-state index is -3.81. The summed E-state index contributed by atoms with van der Waals surface area (Å²) in [6, 6.07) is 17.9. The highest BCUT2D eigenvalue weighted by Gasteiger charge is 2.18. The molecule has 4 aromatic rings. The molecule has 0 aliphatic rings. The third kappa shape index (κ3) is 6.46. The van der Waals surface area contributed by atoms with Crippen LogP contribution >= 0.6 is 24.4 Å². The number of amides is 2. The Morgan fingerprint density at radius 2 is 1.00 bits per heavy atom. The molecule has 0 atom stereocenters. The van der Waals surface area contributed by atoms with Gasteiger partial charge in [0.15, 0.2) is 21.7 Å². The van der Waals surface area contributed by atoms with Crippen LogP contribution in [0.15, 0.2) is 104 Å². The molecule has 0 bridgehead atoms. The van der Waals surface area contributed by atoms with Gasteiger partial charge in [0, 0.05) is 11.4 Å². The average molecular weight is 555 g/mol. The summed E-state index contributed by atoms with van der Waals surface area (Å²) >= 11 is 10.2. The summed E-state index contributed by atoms with van der Waals surface area (Å²) in [4.78, 5) is 24.1. The van der Waals surface area contributed by atoms with Crippen molar-refractivity contribution < 1.29 is 26.8 Å². The second kappa shape index (κ2) is 11.2. The van der Waals surface area contributed by atoms with E-state index in [2.05, 4.69) is 21.3 Å². The number of hydrogen-bond donors (Lipinski definition) is 4. The molecule has 0 aliphatic carbocycles. The number of carbonyl (C=O) groups is 2. The van der Waals surface area contributed by atoms with Crippen molar-refractivity contribution in [1.29, 1.82) is 0 Å². The van der Waals surface area contributed by atoms with E-state index in [-0.39, 0.29) is 31.5 Å². The van der Waals surface area contributed by atoms with E-state index in [0.29, 0.717) is 11.4 Å². The van der Waals surface area contributed by atoms with E-state index < -0.39 is 21.7 Å². The number of hydrogen-bond acceptors (Lipinski definition) is 8. The van der Waals surface area contributed by atoms with Gasteiger partial charge in [0.05, 0.1) is 22.3 Å². The van der Waals surface area contributed by atoms with E-state index in [1.54, 1.807) is 12.1 Å². The molecule has 4 rings (SSSR count). The Morgan fingerprint density at radius 1 is 0.622 bits per heavy atom. The second-order valence-electron chi connectivity index (χ2n) is 7.32. The molecule has 0 spiro atoms. The molecule has 0 saturated carbocycles. The fourth-order valence-electron chi connectivity index (χ4n) is 3.04. The number of carbonyl (C=O) groups excluding carboxylic acids is 2. The Balaban J connectivity index is 1.35. The minimum Gasteiger partial charge on any atom is -0.459 e. The summed E-state index contributed by atoms with van der Waals surface area (Å²) in [6.07, 6.45) is 2.74. The molecular formula is C24H18N4O6S3. The van der Waals surface area contributed by atoms with Gasteiger partial charge in [-0.3, -0.25) is 20.2 Å². The van der Waals surface area contributed by atoms with Crippen molar-refractivity contribution in [3.63, 3.8) is 0 Å². The Morgan fingerprint density at radius 3 is 1.32 bits per heavy atom. The lowest BCUT2D eigenvalue weighted by Gasteiger charge is -2.11. The van der Waals surface area contributed by atoms with Gasteiger partial charge in [-0.15, -0.1) is 0 Å². The summed E-state index contributed by atoms with van der Waals surface area (Å²) in [6.45, 7) is 0. The van der Waals surface area contributed by atoms with Crippen molar-refractivity contribution in [3.8, 4) is 0 Å². The van der Waals surface area contributed by atoms with Gasteiger partial charge < -0.3 is 19.5 Å². The fraction of sp³-hybridized carbons (Fsp3) is 0. The van der Waals surface area contributed by atoms with Gasteiger partial charge >= 0.3 is 0 Å². The van der Waals surface area contributed by atoms with E-state index >= 15 is 0 Å². The van der Waals surface area contributed by atoms with Crippen molar-refractivity contribution in [2.24, 2.45) is 0 Å². The number of furan rings is 2. The number of sulfone groups is 1. The van der Waals surface area contributed by atoms with Gasteiger partial charge in [0.2, 0.25) is 9.84 Å². The Kier molecular flexibility index (Phi) is 7.77. The Labute approximate surface area is 222 Å². The van der Waals surface area contributed by atoms with Crippen molar-refractivity contribution in [3.05, 3.63) is 96.8 Å². The van der Waals surface area contributed by atoms with Crippen molar-refractivity contribution in [2.75, 3.05) is 10.6 Å². The first kappa shape index (κ1) is 25.8. The number of nitrogens with one attached hydrogen (secondary N) is 4. The first-order valence-corrected chi connectivity index (χ1v) is 12.8. The lowest BCUT2D eigenvalue weighted by atomic mass is 10.3. The third-order valence-corrected chi connectivity index (χ3v) is 6.98. The first-order valence-electron chi connectivity index (χ1n) is 10.5. The van der Waals surface area contributed by atoms with Crippen LogP contribution in [-0.2, 0) is 9.84 Å². The zero-order chi connectivity index (χ0) is 26.4. The van der Waals surface area contributed by atoms with Crippen LogP contribution in [0, 0.1) is 0 Å². The molecule has 37 heavy (non-hydrogen) atoms. The van der Waals surface area contributed by atoms with E-state index in [4.69, 9.17) is 33.3 Å². The molecule has 0 fully saturated rings. The second-order valence-corrected chi connectivity index (χ2v) is 10.1. The molecular weight excluding hydrogens is 536 g/mol. The summed E-state index contributed by atoms with van der Waals surface area (Å²) in [5.41, 5.74) is 0.960. The number of rotatable bonds is 6. The predicted octanol–water partition coefficient (Wildman–Crippen LogP) is 3.96. The fourth-order valence-corrected chi connectivity index (χ4v) is 4.72. The van der Waals surface area contributed by atoms with Crippen LogP contribution in [0.2, 0.25) is 0 Å². The molecule has 0 radical (unpaired) electrons. The van der Waals surface area contributed by atoms with Crippen LogP contribution in [0.1, 0.15) is 21.1 Å². The SMILES string of the molecule is O=C(NC(=S)Nc1ccc(S(=O)(=O)c2ccc(NC(=S)NC(=O)c3ccco3)cc2)cc1)c1ccco1. The van der Waals surface area contributed by atoms with E-state index in [1.165, 1.54) is 73.2 Å². The molecule has 2 heterocycles. The largest absolute Gasteiger partial charge is 0.459 e. The zero-order valence-corrected chi connectivity index (χ0v) is 21.2. The Bertz CT molecular complexity index is 1420. The number of benzene rings is 2. The van der Waals surface area contributed by atoms with Crippen molar-refractivity contribution in [2.45, 2.75) is 9.79 Å². The standard InChI is InChI=1S/C24H18N4O6S3/c29-21(19-3-1-13-33-19)27-23(35)25-15-5-9-17(10-6-15)37(31,32)18-11-7-16(8-12-18)26-24(36)28-22(30)20-4-2-14-34-20/h1-14H,(H2,25,27,29,35)(H2,26,28,30,36). The molecule has 2 aromatic carbocycles. The topological polar surface area (TPSA) is 143 Å². The zero-order valence-electron chi connectivity index (χ0n) is 18.8. The molecule has 0 aliphatic heterocycles. The molecule has 2 aromatic heterocycles. The van der Waals surface area contributed by atoms with Gasteiger partial charge in [0.1, 0.15) is 0 Å². The summed E-state index contributed by atoms with van der Waals surface area (Å²) in [7, 11) is -3.81. The van der Waals surface area contributed by atoms with Gasteiger partial charge in [-0.2, -0.15) is 0 Å². The van der Waals surface area contributed by atoms with Crippen LogP contribution in [0.3, 0.4) is 0 Å². The number of anilines is 2. The van der Waals surface area contributed by atoms with Gasteiger partial charge in [0.25, 0.3) is 11.8 Å². The maximum atomic E-state index is 13.0. The molecule has 188 valence electrons. The Hall–Kier alpha value is -4.33. The maximum Gasteiger partial charge on any atom is 0.293 e. The highest BCUT2D eigenvalue weighted by molar-refractivity contribution is 7.91. The van der Waals surface area contributed by atoms with Crippen LogP contribution in [-0.4, -0.2) is 30.5 Å². The highest BCUT2D eigenvalue weighted by Crippen LogP contribution is 2.24. The highest BCUT2D eigenvalue weighted by atomic mass is 32.2. The normalized spacial score (nSPS) is 10.8. The average Bonchev–Trinajstić information content (AvgIpc) is 3.59. The molecule has 10 nitrogen and oxygen atoms in total. The predicted molar refractivity (Wildman–Crippen MR) is 143 cm³/mol. The third-order valence-electron chi connectivity index (χ3n) is 4.79. The van der Waals surface area contributed by atoms with Crippen molar-refractivity contribution >= 4 is 67.7 Å². The van der Waals surface area contributed by atoms with E-state index in [9.17, 15) is 18.0 Å². The summed E-state index contributed by atoms with van der Waals surface area (Å²) in [5.74, 6) is -0.819.